The lowest BCUT2D eigenvalue weighted by atomic mass is 10.00. The van der Waals surface area contributed by atoms with Crippen molar-refractivity contribution in [3.8, 4) is 11.5 Å². The topological polar surface area (TPSA) is 116 Å². The summed E-state index contributed by atoms with van der Waals surface area (Å²) in [6.45, 7) is 1.99. The van der Waals surface area contributed by atoms with Crippen LogP contribution in [0.2, 0.25) is 0 Å². The molecular weight excluding hydrogens is 412 g/mol. The SMILES string of the molecule is Cn1cc(COc2cc3c(cc2NC(=O)c2cnn4cccnc24)C[C@@](C)(CO)O3)cn1. The second-order valence-electron chi connectivity index (χ2n) is 8.05. The van der Waals surface area contributed by atoms with Crippen LogP contribution in [0, 0.1) is 0 Å². The van der Waals surface area contributed by atoms with Crippen LogP contribution in [0.5, 0.6) is 11.5 Å². The number of nitrogens with one attached hydrogen (secondary N) is 1. The molecule has 0 fully saturated rings. The van der Waals surface area contributed by atoms with Crippen LogP contribution in [0.15, 0.2) is 49.2 Å². The van der Waals surface area contributed by atoms with Crippen molar-refractivity contribution in [2.45, 2.75) is 25.6 Å². The number of anilines is 1. The van der Waals surface area contributed by atoms with E-state index in [-0.39, 0.29) is 19.1 Å². The lowest BCUT2D eigenvalue weighted by Gasteiger charge is -2.20. The summed E-state index contributed by atoms with van der Waals surface area (Å²) in [4.78, 5) is 17.3. The zero-order valence-electron chi connectivity index (χ0n) is 17.6. The number of benzene rings is 1. The number of carbonyl (C=O) groups excluding carboxylic acids is 1. The van der Waals surface area contributed by atoms with Gasteiger partial charge in [-0.25, -0.2) is 9.50 Å². The summed E-state index contributed by atoms with van der Waals surface area (Å²) in [5.74, 6) is 0.722. The molecule has 1 atom stereocenters. The first kappa shape index (κ1) is 20.0. The van der Waals surface area contributed by atoms with Gasteiger partial charge in [0.15, 0.2) is 5.65 Å². The molecule has 0 saturated heterocycles. The van der Waals surface area contributed by atoms with Crippen LogP contribution < -0.4 is 14.8 Å². The van der Waals surface area contributed by atoms with Crippen molar-refractivity contribution < 1.29 is 19.4 Å². The number of aryl methyl sites for hydroxylation is 1. The van der Waals surface area contributed by atoms with E-state index in [1.54, 1.807) is 35.4 Å². The summed E-state index contributed by atoms with van der Waals surface area (Å²) in [6, 6.07) is 5.31. The van der Waals surface area contributed by atoms with Gasteiger partial charge in [0.25, 0.3) is 5.91 Å². The Morgan fingerprint density at radius 3 is 3.00 bits per heavy atom. The van der Waals surface area contributed by atoms with Crippen molar-refractivity contribution in [1.29, 1.82) is 0 Å². The fourth-order valence-electron chi connectivity index (χ4n) is 3.73. The largest absolute Gasteiger partial charge is 0.486 e. The average Bonchev–Trinajstić information content (AvgIpc) is 3.48. The molecule has 0 bridgehead atoms. The molecule has 32 heavy (non-hydrogen) atoms. The van der Waals surface area contributed by atoms with Crippen LogP contribution in [0.4, 0.5) is 5.69 Å². The average molecular weight is 434 g/mol. The van der Waals surface area contributed by atoms with E-state index in [0.29, 0.717) is 34.8 Å². The summed E-state index contributed by atoms with van der Waals surface area (Å²) in [5, 5.41) is 21.0. The Labute approximate surface area is 183 Å². The Hall–Kier alpha value is -3.92. The third-order valence-electron chi connectivity index (χ3n) is 5.34. The first-order chi connectivity index (χ1) is 15.4. The normalized spacial score (nSPS) is 17.2. The summed E-state index contributed by atoms with van der Waals surface area (Å²) in [6.07, 6.45) is 8.91. The predicted molar refractivity (Wildman–Crippen MR) is 115 cm³/mol. The number of rotatable bonds is 6. The molecule has 3 aromatic heterocycles. The highest BCUT2D eigenvalue weighted by atomic mass is 16.5. The Bertz CT molecular complexity index is 1310. The number of fused-ring (bicyclic) bond motifs is 2. The molecule has 0 saturated carbocycles. The Morgan fingerprint density at radius 2 is 2.22 bits per heavy atom. The molecule has 164 valence electrons. The van der Waals surface area contributed by atoms with Crippen LogP contribution >= 0.6 is 0 Å². The Kier molecular flexibility index (Phi) is 4.78. The highest BCUT2D eigenvalue weighted by Crippen LogP contribution is 2.41. The predicted octanol–water partition coefficient (Wildman–Crippen LogP) is 1.98. The van der Waals surface area contributed by atoms with Crippen LogP contribution in [-0.2, 0) is 20.1 Å². The number of aliphatic hydroxyl groups excluding tert-OH is 1. The lowest BCUT2D eigenvalue weighted by molar-refractivity contribution is 0.0445. The second kappa shape index (κ2) is 7.65. The van der Waals surface area contributed by atoms with E-state index in [1.807, 2.05) is 26.2 Å². The number of carbonyl (C=O) groups is 1. The highest BCUT2D eigenvalue weighted by molar-refractivity contribution is 6.08. The van der Waals surface area contributed by atoms with Gasteiger partial charge in [-0.3, -0.25) is 9.48 Å². The van der Waals surface area contributed by atoms with E-state index >= 15 is 0 Å². The maximum atomic E-state index is 13.1. The van der Waals surface area contributed by atoms with Gasteiger partial charge in [0.1, 0.15) is 29.3 Å². The fourth-order valence-corrected chi connectivity index (χ4v) is 3.73. The number of hydrogen-bond donors (Lipinski definition) is 2. The van der Waals surface area contributed by atoms with Gasteiger partial charge in [-0.1, -0.05) is 0 Å². The molecule has 10 heteroatoms. The van der Waals surface area contributed by atoms with E-state index in [9.17, 15) is 9.90 Å². The molecule has 0 spiro atoms. The highest BCUT2D eigenvalue weighted by Gasteiger charge is 2.35. The number of hydrogen-bond acceptors (Lipinski definition) is 7. The van der Waals surface area contributed by atoms with Crippen molar-refractivity contribution >= 4 is 17.2 Å². The van der Waals surface area contributed by atoms with Gasteiger partial charge in [-0.05, 0) is 19.1 Å². The number of aromatic nitrogens is 5. The number of amides is 1. The van der Waals surface area contributed by atoms with Crippen LogP contribution in [-0.4, -0.2) is 47.6 Å². The van der Waals surface area contributed by atoms with E-state index in [0.717, 1.165) is 11.1 Å². The van der Waals surface area contributed by atoms with Gasteiger partial charge >= 0.3 is 0 Å². The first-order valence-corrected chi connectivity index (χ1v) is 10.1. The summed E-state index contributed by atoms with van der Waals surface area (Å²) in [7, 11) is 1.83. The van der Waals surface area contributed by atoms with Crippen molar-refractivity contribution in [3.05, 3.63) is 65.9 Å². The molecule has 1 amide bonds. The van der Waals surface area contributed by atoms with Crippen molar-refractivity contribution in [3.63, 3.8) is 0 Å². The monoisotopic (exact) mass is 434 g/mol. The zero-order valence-corrected chi connectivity index (χ0v) is 17.6. The van der Waals surface area contributed by atoms with Crippen molar-refractivity contribution in [2.24, 2.45) is 7.05 Å². The van der Waals surface area contributed by atoms with Crippen LogP contribution in [0.25, 0.3) is 5.65 Å². The minimum absolute atomic E-state index is 0.122. The summed E-state index contributed by atoms with van der Waals surface area (Å²) in [5.41, 5.74) is 2.36. The second-order valence-corrected chi connectivity index (χ2v) is 8.05. The van der Waals surface area contributed by atoms with Crippen molar-refractivity contribution in [2.75, 3.05) is 11.9 Å². The molecule has 4 heterocycles. The van der Waals surface area contributed by atoms with Crippen LogP contribution in [0.3, 0.4) is 0 Å². The van der Waals surface area contributed by atoms with E-state index < -0.39 is 5.60 Å². The molecule has 4 aromatic rings. The van der Waals surface area contributed by atoms with Gasteiger partial charge in [0, 0.05) is 49.3 Å². The third-order valence-corrected chi connectivity index (χ3v) is 5.34. The molecule has 1 aromatic carbocycles. The summed E-state index contributed by atoms with van der Waals surface area (Å²) >= 11 is 0. The lowest BCUT2D eigenvalue weighted by Crippen LogP contribution is -2.34. The molecule has 1 aliphatic heterocycles. The molecular formula is C22H22N6O4. The molecule has 1 aliphatic rings. The standard InChI is InChI=1S/C22H22N6O4/c1-22(13-29)8-15-6-17(26-21(30)16-10-25-28-5-3-4-23-20(16)28)19(7-18(15)32-22)31-12-14-9-24-27(2)11-14/h3-7,9-11,29H,8,12-13H2,1-2H3,(H,26,30)/t22-/m0/s1. The first-order valence-electron chi connectivity index (χ1n) is 10.1. The maximum absolute atomic E-state index is 13.1. The van der Waals surface area contributed by atoms with Gasteiger partial charge in [0.05, 0.1) is 24.7 Å². The van der Waals surface area contributed by atoms with Gasteiger partial charge in [-0.15, -0.1) is 0 Å². The van der Waals surface area contributed by atoms with E-state index in [4.69, 9.17) is 9.47 Å². The van der Waals surface area contributed by atoms with E-state index in [2.05, 4.69) is 20.5 Å². The molecule has 0 unspecified atom stereocenters. The molecule has 0 radical (unpaired) electrons. The smallest absolute Gasteiger partial charge is 0.261 e. The quantitative estimate of drug-likeness (QED) is 0.477. The fraction of sp³-hybridized carbons (Fsp3) is 0.273. The molecule has 2 N–H and O–H groups in total. The third kappa shape index (κ3) is 3.65. The van der Waals surface area contributed by atoms with Gasteiger partial charge < -0.3 is 19.9 Å². The van der Waals surface area contributed by atoms with Crippen molar-refractivity contribution in [1.82, 2.24) is 24.4 Å². The number of aliphatic hydroxyl groups is 1. The minimum atomic E-state index is -0.710. The molecule has 0 aliphatic carbocycles. The Morgan fingerprint density at radius 1 is 1.34 bits per heavy atom. The van der Waals surface area contributed by atoms with E-state index in [1.165, 1.54) is 10.7 Å². The van der Waals surface area contributed by atoms with Gasteiger partial charge in [-0.2, -0.15) is 10.2 Å². The van der Waals surface area contributed by atoms with Gasteiger partial charge in [0.2, 0.25) is 0 Å². The Balaban J connectivity index is 1.46. The molecule has 10 nitrogen and oxygen atoms in total. The number of nitrogens with zero attached hydrogens (tertiary/aromatic N) is 5. The number of ether oxygens (including phenoxy) is 2. The maximum Gasteiger partial charge on any atom is 0.261 e. The minimum Gasteiger partial charge on any atom is -0.486 e. The van der Waals surface area contributed by atoms with Crippen LogP contribution in [0.1, 0.15) is 28.4 Å². The summed E-state index contributed by atoms with van der Waals surface area (Å²) < 4.78 is 15.2. The zero-order chi connectivity index (χ0) is 22.3. The molecule has 5 rings (SSSR count).